The monoisotopic (exact) mass is 543 g/mol. The zero-order valence-electron chi connectivity index (χ0n) is 21.3. The molecule has 202 valence electrons. The molecule has 2 saturated heterocycles. The van der Waals surface area contributed by atoms with Crippen LogP contribution in [0.15, 0.2) is 55.3 Å². The molecule has 3 heterocycles. The number of ether oxygens (including phenoxy) is 2. The Hall–Kier alpha value is -3.48. The lowest BCUT2D eigenvalue weighted by atomic mass is 9.79. The summed E-state index contributed by atoms with van der Waals surface area (Å²) in [6.07, 6.45) is 0.915. The molecule has 2 fully saturated rings. The maximum absolute atomic E-state index is 13.3. The van der Waals surface area contributed by atoms with E-state index in [2.05, 4.69) is 10.6 Å². The number of carbonyl (C=O) groups excluding carboxylic acids is 1. The normalized spacial score (nSPS) is 20.1. The first-order valence-corrected chi connectivity index (χ1v) is 13.7. The molecule has 2 N–H and O–H groups in total. The lowest BCUT2D eigenvalue weighted by Crippen LogP contribution is -2.49. The fourth-order valence-electron chi connectivity index (χ4n) is 4.99. The third-order valence-electron chi connectivity index (χ3n) is 7.19. The SMILES string of the molecule is COC(=O)[C@@H]1CCCN1S(=O)(=O)c1cccc(Nc2c(NC(c3ccc(C)o3)C3(C)COC3)c(=O)c2=O)c1. The van der Waals surface area contributed by atoms with Gasteiger partial charge in [0.25, 0.3) is 10.9 Å². The average molecular weight is 544 g/mol. The van der Waals surface area contributed by atoms with Gasteiger partial charge in [0.15, 0.2) is 0 Å². The molecule has 12 heteroatoms. The molecule has 11 nitrogen and oxygen atoms in total. The van der Waals surface area contributed by atoms with Crippen LogP contribution in [0.5, 0.6) is 0 Å². The Balaban J connectivity index is 1.41. The Morgan fingerprint density at radius 3 is 2.53 bits per heavy atom. The van der Waals surface area contributed by atoms with Crippen molar-refractivity contribution in [3.63, 3.8) is 0 Å². The highest BCUT2D eigenvalue weighted by molar-refractivity contribution is 7.89. The number of benzene rings is 1. The predicted octanol–water partition coefficient (Wildman–Crippen LogP) is 2.44. The first kappa shape index (κ1) is 26.1. The van der Waals surface area contributed by atoms with Crippen molar-refractivity contribution in [2.75, 3.05) is 37.5 Å². The van der Waals surface area contributed by atoms with Crippen molar-refractivity contribution < 1.29 is 27.1 Å². The molecule has 2 aromatic carbocycles. The Kier molecular flexibility index (Phi) is 6.66. The molecule has 0 spiro atoms. The topological polar surface area (TPSA) is 144 Å². The van der Waals surface area contributed by atoms with Crippen LogP contribution in [-0.2, 0) is 24.3 Å². The number of hydrogen-bond acceptors (Lipinski definition) is 10. The minimum Gasteiger partial charge on any atom is -0.468 e. The van der Waals surface area contributed by atoms with Gasteiger partial charge in [0, 0.05) is 17.6 Å². The molecule has 0 aliphatic carbocycles. The second-order valence-corrected chi connectivity index (χ2v) is 11.9. The number of anilines is 3. The molecule has 1 unspecified atom stereocenters. The minimum atomic E-state index is -4.01. The number of carbonyl (C=O) groups is 1. The molecular weight excluding hydrogens is 514 g/mol. The predicted molar refractivity (Wildman–Crippen MR) is 139 cm³/mol. The van der Waals surface area contributed by atoms with Crippen LogP contribution in [0.4, 0.5) is 17.1 Å². The number of hydrogen-bond donors (Lipinski definition) is 2. The Labute approximate surface area is 219 Å². The number of methoxy groups -OCH3 is 1. The van der Waals surface area contributed by atoms with Crippen LogP contribution in [0.3, 0.4) is 0 Å². The number of aryl methyl sites for hydroxylation is 1. The zero-order valence-corrected chi connectivity index (χ0v) is 22.1. The highest BCUT2D eigenvalue weighted by Gasteiger charge is 2.45. The van der Waals surface area contributed by atoms with Gasteiger partial charge in [0.1, 0.15) is 28.9 Å². The second kappa shape index (κ2) is 9.68. The van der Waals surface area contributed by atoms with E-state index in [0.717, 1.165) is 4.31 Å². The molecular formula is C26H29N3O8S. The standard InChI is InChI=1S/C26H29N3O8S/c1-15-9-10-19(37-15)24(26(2)13-36-14-26)28-21-20(22(30)23(21)31)27-16-6-4-7-17(12-16)38(33,34)29-11-5-8-18(29)25(32)35-3/h4,6-7,9-10,12,18,24,27-28H,5,8,11,13-14H2,1-3H3/t18-,24?/m0/s1. The molecule has 5 rings (SSSR count). The third-order valence-corrected chi connectivity index (χ3v) is 9.10. The van der Waals surface area contributed by atoms with Crippen LogP contribution >= 0.6 is 0 Å². The summed E-state index contributed by atoms with van der Waals surface area (Å²) in [4.78, 5) is 37.2. The van der Waals surface area contributed by atoms with Crippen molar-refractivity contribution in [3.05, 3.63) is 68.4 Å². The van der Waals surface area contributed by atoms with E-state index in [4.69, 9.17) is 13.9 Å². The maximum Gasteiger partial charge on any atom is 0.324 e. The highest BCUT2D eigenvalue weighted by atomic mass is 32.2. The molecule has 0 bridgehead atoms. The first-order chi connectivity index (χ1) is 18.0. The summed E-state index contributed by atoms with van der Waals surface area (Å²) >= 11 is 0. The number of nitrogens with one attached hydrogen (secondary N) is 2. The van der Waals surface area contributed by atoms with E-state index in [-0.39, 0.29) is 28.2 Å². The average Bonchev–Trinajstić information content (AvgIpc) is 3.56. The van der Waals surface area contributed by atoms with Crippen LogP contribution in [0.2, 0.25) is 0 Å². The van der Waals surface area contributed by atoms with Gasteiger partial charge in [-0.25, -0.2) is 8.42 Å². The van der Waals surface area contributed by atoms with Gasteiger partial charge in [-0.2, -0.15) is 4.31 Å². The van der Waals surface area contributed by atoms with Crippen LogP contribution in [0.1, 0.15) is 37.3 Å². The van der Waals surface area contributed by atoms with Gasteiger partial charge in [-0.15, -0.1) is 0 Å². The largest absolute Gasteiger partial charge is 0.468 e. The molecule has 38 heavy (non-hydrogen) atoms. The number of furan rings is 1. The van der Waals surface area contributed by atoms with E-state index in [0.29, 0.717) is 43.3 Å². The van der Waals surface area contributed by atoms with Gasteiger partial charge in [0.05, 0.1) is 31.3 Å². The fraction of sp³-hybridized carbons (Fsp3) is 0.423. The summed E-state index contributed by atoms with van der Waals surface area (Å²) in [5.41, 5.74) is -1.31. The second-order valence-electron chi connectivity index (χ2n) is 10.0. The zero-order chi connectivity index (χ0) is 27.2. The van der Waals surface area contributed by atoms with Crippen molar-refractivity contribution in [1.82, 2.24) is 4.31 Å². The van der Waals surface area contributed by atoms with Crippen LogP contribution in [0.25, 0.3) is 0 Å². The summed E-state index contributed by atoms with van der Waals surface area (Å²) in [5, 5.41) is 6.10. The van der Waals surface area contributed by atoms with E-state index in [1.54, 1.807) is 6.07 Å². The third kappa shape index (κ3) is 4.42. The Bertz CT molecular complexity index is 1550. The van der Waals surface area contributed by atoms with Gasteiger partial charge in [0.2, 0.25) is 10.0 Å². The molecule has 0 radical (unpaired) electrons. The number of esters is 1. The molecule has 2 aliphatic rings. The summed E-state index contributed by atoms with van der Waals surface area (Å²) in [7, 11) is -2.79. The number of sulfonamides is 1. The molecule has 0 amide bonds. The Morgan fingerprint density at radius 2 is 1.89 bits per heavy atom. The molecule has 1 aromatic heterocycles. The lowest BCUT2D eigenvalue weighted by molar-refractivity contribution is -0.144. The summed E-state index contributed by atoms with van der Waals surface area (Å²) in [6.45, 7) is 4.92. The number of rotatable bonds is 9. The summed E-state index contributed by atoms with van der Waals surface area (Å²) in [5.74, 6) is 0.724. The van der Waals surface area contributed by atoms with Crippen molar-refractivity contribution in [2.45, 2.75) is 43.7 Å². The smallest absolute Gasteiger partial charge is 0.324 e. The summed E-state index contributed by atoms with van der Waals surface area (Å²) in [6, 6.07) is 8.25. The van der Waals surface area contributed by atoms with Crippen LogP contribution < -0.4 is 21.5 Å². The van der Waals surface area contributed by atoms with Gasteiger partial charge in [-0.1, -0.05) is 13.0 Å². The van der Waals surface area contributed by atoms with E-state index in [1.165, 1.54) is 25.3 Å². The van der Waals surface area contributed by atoms with Crippen molar-refractivity contribution in [1.29, 1.82) is 0 Å². The highest BCUT2D eigenvalue weighted by Crippen LogP contribution is 2.43. The minimum absolute atomic E-state index is 0.0373. The first-order valence-electron chi connectivity index (χ1n) is 12.3. The van der Waals surface area contributed by atoms with Crippen molar-refractivity contribution in [3.8, 4) is 0 Å². The summed E-state index contributed by atoms with van der Waals surface area (Å²) < 4.78 is 43.8. The number of nitrogens with zero attached hydrogens (tertiary/aromatic N) is 1. The van der Waals surface area contributed by atoms with Gasteiger partial charge in [-0.05, 0) is 50.1 Å². The van der Waals surface area contributed by atoms with Crippen molar-refractivity contribution >= 4 is 33.1 Å². The van der Waals surface area contributed by atoms with E-state index >= 15 is 0 Å². The molecule has 3 aromatic rings. The van der Waals surface area contributed by atoms with Crippen LogP contribution in [0, 0.1) is 12.3 Å². The lowest BCUT2D eigenvalue weighted by Gasteiger charge is -2.44. The fourth-order valence-corrected chi connectivity index (χ4v) is 6.69. The van der Waals surface area contributed by atoms with Gasteiger partial charge >= 0.3 is 5.97 Å². The van der Waals surface area contributed by atoms with E-state index < -0.39 is 38.9 Å². The maximum atomic E-state index is 13.3. The van der Waals surface area contributed by atoms with Crippen molar-refractivity contribution in [2.24, 2.45) is 5.41 Å². The molecule has 2 aliphatic heterocycles. The quantitative estimate of drug-likeness (QED) is 0.305. The van der Waals surface area contributed by atoms with E-state index in [9.17, 15) is 22.8 Å². The molecule has 0 saturated carbocycles. The van der Waals surface area contributed by atoms with Gasteiger partial charge < -0.3 is 24.5 Å². The Morgan fingerprint density at radius 1 is 1.16 bits per heavy atom. The van der Waals surface area contributed by atoms with E-state index in [1.807, 2.05) is 26.0 Å². The van der Waals surface area contributed by atoms with Crippen LogP contribution in [-0.4, -0.2) is 51.6 Å². The van der Waals surface area contributed by atoms with Gasteiger partial charge in [-0.3, -0.25) is 14.4 Å². The molecule has 2 atom stereocenters.